The van der Waals surface area contributed by atoms with Crippen LogP contribution in [0.2, 0.25) is 0 Å². The molecule has 4 heteroatoms. The van der Waals surface area contributed by atoms with Crippen molar-refractivity contribution in [2.24, 2.45) is 5.41 Å². The Labute approximate surface area is 113 Å². The van der Waals surface area contributed by atoms with Gasteiger partial charge in [0.1, 0.15) is 6.26 Å². The molecule has 2 fully saturated rings. The fourth-order valence-corrected chi connectivity index (χ4v) is 3.84. The highest BCUT2D eigenvalue weighted by atomic mass is 16.5. The predicted molar refractivity (Wildman–Crippen MR) is 70.9 cm³/mol. The molecule has 1 aliphatic heterocycles. The van der Waals surface area contributed by atoms with Crippen LogP contribution in [0.4, 0.5) is 0 Å². The van der Waals surface area contributed by atoms with Crippen molar-refractivity contribution in [1.29, 1.82) is 0 Å². The molecule has 2 aliphatic rings. The number of piperidine rings is 1. The number of carbonyl (C=O) groups is 1. The monoisotopic (exact) mass is 263 g/mol. The summed E-state index contributed by atoms with van der Waals surface area (Å²) >= 11 is 0. The van der Waals surface area contributed by atoms with Crippen molar-refractivity contribution in [3.8, 4) is 0 Å². The second kappa shape index (κ2) is 5.00. The van der Waals surface area contributed by atoms with E-state index >= 15 is 0 Å². The minimum atomic E-state index is 0.0922. The molecule has 2 atom stereocenters. The van der Waals surface area contributed by atoms with E-state index in [0.717, 1.165) is 25.9 Å². The molecular formula is C15H21NO3. The Morgan fingerprint density at radius 1 is 1.47 bits per heavy atom. The van der Waals surface area contributed by atoms with E-state index in [4.69, 9.17) is 9.15 Å². The van der Waals surface area contributed by atoms with Gasteiger partial charge in [-0.15, -0.1) is 0 Å². The van der Waals surface area contributed by atoms with Gasteiger partial charge in [0.05, 0.1) is 17.9 Å². The number of amides is 1. The first-order valence-electron chi connectivity index (χ1n) is 7.09. The molecule has 0 radical (unpaired) electrons. The molecule has 0 N–H and O–H groups in total. The van der Waals surface area contributed by atoms with Gasteiger partial charge in [0.25, 0.3) is 5.91 Å². The van der Waals surface area contributed by atoms with Gasteiger partial charge in [0.2, 0.25) is 0 Å². The van der Waals surface area contributed by atoms with Gasteiger partial charge in [-0.25, -0.2) is 0 Å². The van der Waals surface area contributed by atoms with E-state index in [1.165, 1.54) is 25.5 Å². The molecule has 0 bridgehead atoms. The number of likely N-dealkylation sites (tertiary alicyclic amines) is 1. The largest absolute Gasteiger partial charge is 0.472 e. The van der Waals surface area contributed by atoms with Crippen LogP contribution in [0.15, 0.2) is 23.0 Å². The van der Waals surface area contributed by atoms with Crippen molar-refractivity contribution in [1.82, 2.24) is 4.90 Å². The van der Waals surface area contributed by atoms with Crippen molar-refractivity contribution in [3.05, 3.63) is 24.2 Å². The van der Waals surface area contributed by atoms with Gasteiger partial charge in [-0.05, 0) is 31.7 Å². The molecule has 1 aromatic rings. The van der Waals surface area contributed by atoms with Crippen molar-refractivity contribution in [2.45, 2.75) is 38.2 Å². The van der Waals surface area contributed by atoms with Crippen LogP contribution in [-0.4, -0.2) is 37.1 Å². The van der Waals surface area contributed by atoms with E-state index in [0.29, 0.717) is 11.7 Å². The lowest BCUT2D eigenvalue weighted by Crippen LogP contribution is -2.49. The maximum Gasteiger partial charge on any atom is 0.257 e. The Hall–Kier alpha value is -1.29. The number of rotatable bonds is 2. The standard InChI is InChI=1S/C15H21NO3/c1-18-13-4-2-6-15(13)7-3-8-16(11-15)14(17)12-5-9-19-10-12/h5,9-10,13H,2-4,6-8,11H2,1H3/t13-,15+/m1/s1. The molecule has 3 rings (SSSR count). The quantitative estimate of drug-likeness (QED) is 0.824. The first-order chi connectivity index (χ1) is 9.25. The van der Waals surface area contributed by atoms with Gasteiger partial charge in [0, 0.05) is 25.6 Å². The van der Waals surface area contributed by atoms with Crippen LogP contribution >= 0.6 is 0 Å². The molecule has 2 heterocycles. The number of furan rings is 1. The smallest absolute Gasteiger partial charge is 0.257 e. The Bertz CT molecular complexity index is 442. The SMILES string of the molecule is CO[C@@H]1CCC[C@@]12CCCN(C(=O)c1ccoc1)C2. The fraction of sp³-hybridized carbons (Fsp3) is 0.667. The number of methoxy groups -OCH3 is 1. The van der Waals surface area contributed by atoms with Gasteiger partial charge in [-0.2, -0.15) is 0 Å². The number of hydrogen-bond acceptors (Lipinski definition) is 3. The van der Waals surface area contributed by atoms with Gasteiger partial charge < -0.3 is 14.1 Å². The first-order valence-corrected chi connectivity index (χ1v) is 7.09. The molecule has 1 saturated heterocycles. The lowest BCUT2D eigenvalue weighted by molar-refractivity contribution is -0.0295. The van der Waals surface area contributed by atoms with E-state index in [1.54, 1.807) is 19.4 Å². The van der Waals surface area contributed by atoms with Crippen LogP contribution in [0.25, 0.3) is 0 Å². The zero-order valence-corrected chi connectivity index (χ0v) is 11.4. The molecule has 1 aliphatic carbocycles. The molecule has 0 aromatic carbocycles. The first kappa shape index (κ1) is 12.7. The topological polar surface area (TPSA) is 42.7 Å². The van der Waals surface area contributed by atoms with Gasteiger partial charge >= 0.3 is 0 Å². The summed E-state index contributed by atoms with van der Waals surface area (Å²) in [5, 5.41) is 0. The fourth-order valence-electron chi connectivity index (χ4n) is 3.84. The molecule has 104 valence electrons. The average molecular weight is 263 g/mol. The maximum absolute atomic E-state index is 12.4. The van der Waals surface area contributed by atoms with Gasteiger partial charge in [-0.3, -0.25) is 4.79 Å². The number of ether oxygens (including phenoxy) is 1. The summed E-state index contributed by atoms with van der Waals surface area (Å²) in [5.41, 5.74) is 0.843. The highest BCUT2D eigenvalue weighted by molar-refractivity contribution is 5.93. The number of carbonyl (C=O) groups excluding carboxylic acids is 1. The highest BCUT2D eigenvalue weighted by Crippen LogP contribution is 2.46. The Morgan fingerprint density at radius 3 is 3.05 bits per heavy atom. The van der Waals surface area contributed by atoms with Gasteiger partial charge in [0.15, 0.2) is 0 Å². The minimum absolute atomic E-state index is 0.0922. The van der Waals surface area contributed by atoms with Crippen LogP contribution in [0.5, 0.6) is 0 Å². The summed E-state index contributed by atoms with van der Waals surface area (Å²) in [4.78, 5) is 14.4. The third-order valence-electron chi connectivity index (χ3n) is 4.77. The average Bonchev–Trinajstić information content (AvgIpc) is 3.08. The second-order valence-electron chi connectivity index (χ2n) is 5.82. The minimum Gasteiger partial charge on any atom is -0.472 e. The van der Waals surface area contributed by atoms with E-state index in [9.17, 15) is 4.79 Å². The summed E-state index contributed by atoms with van der Waals surface area (Å²) in [6.07, 6.45) is 9.18. The summed E-state index contributed by atoms with van der Waals surface area (Å²) in [6.45, 7) is 1.68. The second-order valence-corrected chi connectivity index (χ2v) is 5.82. The summed E-state index contributed by atoms with van der Waals surface area (Å²) < 4.78 is 10.7. The van der Waals surface area contributed by atoms with Gasteiger partial charge in [-0.1, -0.05) is 6.42 Å². The Morgan fingerprint density at radius 2 is 2.32 bits per heavy atom. The third-order valence-corrected chi connectivity index (χ3v) is 4.77. The number of nitrogens with zero attached hydrogens (tertiary/aromatic N) is 1. The highest BCUT2D eigenvalue weighted by Gasteiger charge is 2.46. The molecule has 0 unspecified atom stereocenters. The maximum atomic E-state index is 12.4. The van der Waals surface area contributed by atoms with E-state index in [-0.39, 0.29) is 11.3 Å². The summed E-state index contributed by atoms with van der Waals surface area (Å²) in [6, 6.07) is 1.74. The number of hydrogen-bond donors (Lipinski definition) is 0. The lowest BCUT2D eigenvalue weighted by atomic mass is 9.76. The molecule has 19 heavy (non-hydrogen) atoms. The summed E-state index contributed by atoms with van der Waals surface area (Å²) in [7, 11) is 1.80. The zero-order valence-electron chi connectivity index (χ0n) is 11.4. The molecule has 1 amide bonds. The molecule has 1 aromatic heterocycles. The molecular weight excluding hydrogens is 242 g/mol. The van der Waals surface area contributed by atoms with Crippen molar-refractivity contribution in [2.75, 3.05) is 20.2 Å². The van der Waals surface area contributed by atoms with Crippen molar-refractivity contribution in [3.63, 3.8) is 0 Å². The third kappa shape index (κ3) is 2.18. The lowest BCUT2D eigenvalue weighted by Gasteiger charge is -2.43. The summed E-state index contributed by atoms with van der Waals surface area (Å²) in [5.74, 6) is 0.0922. The van der Waals surface area contributed by atoms with E-state index in [2.05, 4.69) is 0 Å². The Balaban J connectivity index is 1.76. The van der Waals surface area contributed by atoms with Crippen molar-refractivity contribution < 1.29 is 13.9 Å². The zero-order chi connectivity index (χ0) is 13.3. The molecule has 1 saturated carbocycles. The van der Waals surface area contributed by atoms with E-state index < -0.39 is 0 Å². The van der Waals surface area contributed by atoms with Crippen LogP contribution in [0, 0.1) is 5.41 Å². The van der Waals surface area contributed by atoms with Crippen molar-refractivity contribution >= 4 is 5.91 Å². The van der Waals surface area contributed by atoms with E-state index in [1.807, 2.05) is 4.90 Å². The van der Waals surface area contributed by atoms with Crippen LogP contribution in [0.1, 0.15) is 42.5 Å². The normalized spacial score (nSPS) is 31.0. The Kier molecular flexibility index (Phi) is 3.35. The predicted octanol–water partition coefficient (Wildman–Crippen LogP) is 2.70. The van der Waals surface area contributed by atoms with Crippen LogP contribution < -0.4 is 0 Å². The molecule has 4 nitrogen and oxygen atoms in total. The molecule has 1 spiro atoms. The van der Waals surface area contributed by atoms with Crippen LogP contribution in [-0.2, 0) is 4.74 Å². The van der Waals surface area contributed by atoms with Crippen LogP contribution in [0.3, 0.4) is 0 Å².